The summed E-state index contributed by atoms with van der Waals surface area (Å²) in [7, 11) is 1.68. The molecule has 4 heteroatoms. The maximum Gasteiger partial charge on any atom is 0.150 e. The smallest absolute Gasteiger partial charge is 0.150 e. The van der Waals surface area contributed by atoms with Crippen molar-refractivity contribution in [2.75, 3.05) is 18.5 Å². The van der Waals surface area contributed by atoms with Crippen LogP contribution in [0.15, 0.2) is 12.1 Å². The summed E-state index contributed by atoms with van der Waals surface area (Å²) < 4.78 is 27.4. The molecule has 0 N–H and O–H groups in total. The summed E-state index contributed by atoms with van der Waals surface area (Å²) in [5, 5.41) is 8.61. The van der Waals surface area contributed by atoms with Crippen molar-refractivity contribution in [2.24, 2.45) is 11.8 Å². The van der Waals surface area contributed by atoms with Crippen molar-refractivity contribution in [3.05, 3.63) is 29.3 Å². The molecule has 2 unspecified atom stereocenters. The van der Waals surface area contributed by atoms with Crippen molar-refractivity contribution in [1.82, 2.24) is 0 Å². The van der Waals surface area contributed by atoms with Gasteiger partial charge in [0.1, 0.15) is 5.69 Å². The first-order valence-corrected chi connectivity index (χ1v) is 5.63. The molecule has 90 valence electrons. The lowest BCUT2D eigenvalue weighted by atomic mass is 10.2. The number of rotatable bonds is 3. The van der Waals surface area contributed by atoms with E-state index in [-0.39, 0.29) is 11.3 Å². The molecular formula is C13H14F2N2. The number of hydrogen-bond acceptors (Lipinski definition) is 2. The van der Waals surface area contributed by atoms with Crippen LogP contribution < -0.4 is 4.90 Å². The van der Waals surface area contributed by atoms with Gasteiger partial charge in [-0.3, -0.25) is 0 Å². The molecule has 1 saturated carbocycles. The van der Waals surface area contributed by atoms with Gasteiger partial charge in [-0.2, -0.15) is 5.26 Å². The van der Waals surface area contributed by atoms with Gasteiger partial charge in [-0.1, -0.05) is 6.92 Å². The van der Waals surface area contributed by atoms with Crippen molar-refractivity contribution in [2.45, 2.75) is 13.3 Å². The van der Waals surface area contributed by atoms with E-state index in [0.29, 0.717) is 18.4 Å². The average Bonchev–Trinajstić information content (AvgIpc) is 2.92. The molecule has 17 heavy (non-hydrogen) atoms. The zero-order chi connectivity index (χ0) is 12.6. The van der Waals surface area contributed by atoms with Crippen LogP contribution >= 0.6 is 0 Å². The van der Waals surface area contributed by atoms with Crippen LogP contribution in [0.1, 0.15) is 18.9 Å². The van der Waals surface area contributed by atoms with Gasteiger partial charge in [0.05, 0.1) is 11.6 Å². The molecule has 1 aromatic carbocycles. The number of nitriles is 1. The lowest BCUT2D eigenvalue weighted by Crippen LogP contribution is -2.23. The predicted octanol–water partition coefficient (Wildman–Crippen LogP) is 2.93. The lowest BCUT2D eigenvalue weighted by Gasteiger charge is -2.20. The third-order valence-electron chi connectivity index (χ3n) is 3.31. The van der Waals surface area contributed by atoms with E-state index in [2.05, 4.69) is 6.92 Å². The van der Waals surface area contributed by atoms with Gasteiger partial charge < -0.3 is 4.90 Å². The van der Waals surface area contributed by atoms with Crippen molar-refractivity contribution >= 4 is 5.69 Å². The fraction of sp³-hybridized carbons (Fsp3) is 0.462. The SMILES string of the molecule is CC1CC1CN(C)c1c(F)cc(C#N)cc1F. The van der Waals surface area contributed by atoms with E-state index in [1.54, 1.807) is 18.0 Å². The molecule has 1 aliphatic rings. The molecule has 2 atom stereocenters. The van der Waals surface area contributed by atoms with Crippen molar-refractivity contribution < 1.29 is 8.78 Å². The van der Waals surface area contributed by atoms with Crippen molar-refractivity contribution in [3.8, 4) is 6.07 Å². The first-order valence-electron chi connectivity index (χ1n) is 5.63. The normalized spacial score (nSPS) is 22.1. The van der Waals surface area contributed by atoms with Crippen LogP contribution in [0.3, 0.4) is 0 Å². The second-order valence-corrected chi connectivity index (χ2v) is 4.75. The summed E-state index contributed by atoms with van der Waals surface area (Å²) >= 11 is 0. The highest BCUT2D eigenvalue weighted by Gasteiger charge is 2.34. The third kappa shape index (κ3) is 2.38. The van der Waals surface area contributed by atoms with E-state index >= 15 is 0 Å². The first-order chi connectivity index (χ1) is 8.02. The number of halogens is 2. The highest BCUT2D eigenvalue weighted by molar-refractivity contribution is 5.52. The molecule has 0 aliphatic heterocycles. The van der Waals surface area contributed by atoms with Gasteiger partial charge in [-0.25, -0.2) is 8.78 Å². The quantitative estimate of drug-likeness (QED) is 0.806. The maximum atomic E-state index is 13.7. The minimum atomic E-state index is -0.669. The fourth-order valence-electron chi connectivity index (χ4n) is 2.09. The summed E-state index contributed by atoms with van der Waals surface area (Å²) in [6.45, 7) is 2.78. The summed E-state index contributed by atoms with van der Waals surface area (Å²) in [5.74, 6) is -0.175. The molecule has 0 bridgehead atoms. The molecule has 0 amide bonds. The third-order valence-corrected chi connectivity index (χ3v) is 3.31. The van der Waals surface area contributed by atoms with Crippen LogP contribution in [-0.4, -0.2) is 13.6 Å². The van der Waals surface area contributed by atoms with Gasteiger partial charge >= 0.3 is 0 Å². The molecule has 0 spiro atoms. The molecule has 0 saturated heterocycles. The topological polar surface area (TPSA) is 27.0 Å². The van der Waals surface area contributed by atoms with Crippen LogP contribution in [0, 0.1) is 34.8 Å². The van der Waals surface area contributed by atoms with Crippen LogP contribution in [0.5, 0.6) is 0 Å². The maximum absolute atomic E-state index is 13.7. The summed E-state index contributed by atoms with van der Waals surface area (Å²) in [5.41, 5.74) is -0.0277. The van der Waals surface area contributed by atoms with E-state index in [0.717, 1.165) is 18.6 Å². The Labute approximate surface area is 99.5 Å². The Morgan fingerprint density at radius 2 is 1.94 bits per heavy atom. The molecule has 0 radical (unpaired) electrons. The Bertz CT molecular complexity index is 456. The Morgan fingerprint density at radius 1 is 1.41 bits per heavy atom. The van der Waals surface area contributed by atoms with Crippen LogP contribution in [0.2, 0.25) is 0 Å². The van der Waals surface area contributed by atoms with E-state index < -0.39 is 11.6 Å². The first kappa shape index (κ1) is 11.8. The second-order valence-electron chi connectivity index (χ2n) is 4.75. The standard InChI is InChI=1S/C13H14F2N2/c1-8-3-10(8)7-17(2)13-11(14)4-9(6-16)5-12(13)15/h4-5,8,10H,3,7H2,1-2H3. The van der Waals surface area contributed by atoms with Crippen LogP contribution in [-0.2, 0) is 0 Å². The zero-order valence-electron chi connectivity index (χ0n) is 9.87. The predicted molar refractivity (Wildman–Crippen MR) is 61.6 cm³/mol. The highest BCUT2D eigenvalue weighted by atomic mass is 19.1. The van der Waals surface area contributed by atoms with Gasteiger partial charge in [-0.15, -0.1) is 0 Å². The Balaban J connectivity index is 2.22. The van der Waals surface area contributed by atoms with E-state index in [1.165, 1.54) is 0 Å². The number of nitrogens with zero attached hydrogens (tertiary/aromatic N) is 2. The largest absolute Gasteiger partial charge is 0.370 e. The molecule has 2 rings (SSSR count). The second kappa shape index (κ2) is 4.33. The van der Waals surface area contributed by atoms with Gasteiger partial charge in [0, 0.05) is 13.6 Å². The molecule has 1 aliphatic carbocycles. The average molecular weight is 236 g/mol. The number of benzene rings is 1. The molecule has 0 heterocycles. The van der Waals surface area contributed by atoms with Crippen molar-refractivity contribution in [1.29, 1.82) is 5.26 Å². The van der Waals surface area contributed by atoms with E-state index in [9.17, 15) is 8.78 Å². The molecule has 1 aromatic rings. The van der Waals surface area contributed by atoms with Gasteiger partial charge in [-0.05, 0) is 30.4 Å². The summed E-state index contributed by atoms with van der Waals surface area (Å²) in [6.07, 6.45) is 1.11. The molecular weight excluding hydrogens is 222 g/mol. The molecule has 2 nitrogen and oxygen atoms in total. The number of anilines is 1. The highest BCUT2D eigenvalue weighted by Crippen LogP contribution is 2.39. The summed E-state index contributed by atoms with van der Waals surface area (Å²) in [4.78, 5) is 1.60. The van der Waals surface area contributed by atoms with Gasteiger partial charge in [0.25, 0.3) is 0 Å². The Hall–Kier alpha value is -1.63. The molecule has 1 fully saturated rings. The summed E-state index contributed by atoms with van der Waals surface area (Å²) in [6, 6.07) is 3.89. The minimum Gasteiger partial charge on any atom is -0.370 e. The lowest BCUT2D eigenvalue weighted by molar-refractivity contribution is 0.571. The van der Waals surface area contributed by atoms with Crippen molar-refractivity contribution in [3.63, 3.8) is 0 Å². The van der Waals surface area contributed by atoms with E-state index in [1.807, 2.05) is 0 Å². The molecule has 0 aromatic heterocycles. The van der Waals surface area contributed by atoms with Crippen LogP contribution in [0.4, 0.5) is 14.5 Å². The number of hydrogen-bond donors (Lipinski definition) is 0. The van der Waals surface area contributed by atoms with E-state index in [4.69, 9.17) is 5.26 Å². The minimum absolute atomic E-state index is 0.0111. The monoisotopic (exact) mass is 236 g/mol. The van der Waals surface area contributed by atoms with Gasteiger partial charge in [0.15, 0.2) is 11.6 Å². The van der Waals surface area contributed by atoms with Gasteiger partial charge in [0.2, 0.25) is 0 Å². The zero-order valence-corrected chi connectivity index (χ0v) is 9.87. The Kier molecular flexibility index (Phi) is 3.01. The Morgan fingerprint density at radius 3 is 2.35 bits per heavy atom. The fourth-order valence-corrected chi connectivity index (χ4v) is 2.09. The van der Waals surface area contributed by atoms with Crippen LogP contribution in [0.25, 0.3) is 0 Å².